The molecule has 1 heterocycles. The van der Waals surface area contributed by atoms with E-state index in [0.717, 1.165) is 12.1 Å². The average molecular weight is 329 g/mol. The molecule has 1 aromatic rings. The summed E-state index contributed by atoms with van der Waals surface area (Å²) < 4.78 is 41.3. The van der Waals surface area contributed by atoms with Gasteiger partial charge in [0.2, 0.25) is 5.91 Å². The summed E-state index contributed by atoms with van der Waals surface area (Å²) in [4.78, 5) is 11.7. The van der Waals surface area contributed by atoms with E-state index < -0.39 is 18.2 Å². The molecule has 1 amide bonds. The van der Waals surface area contributed by atoms with Gasteiger partial charge in [-0.3, -0.25) is 10.1 Å². The number of benzene rings is 1. The largest absolute Gasteiger partial charge is 0.432 e. The van der Waals surface area contributed by atoms with Crippen molar-refractivity contribution >= 4 is 35.8 Å². The molecule has 0 aromatic heterocycles. The Kier molecular flexibility index (Phi) is 6.44. The number of ether oxygens (including phenoxy) is 1. The van der Waals surface area contributed by atoms with Crippen LogP contribution in [0, 0.1) is 5.82 Å². The SMILES string of the molecule is Cl.O=C(Nc1ccc(OC(F)F)c(F)c1)C1CSCN1. The Hall–Kier alpha value is -1.12. The van der Waals surface area contributed by atoms with Crippen molar-refractivity contribution in [2.24, 2.45) is 0 Å². The number of thioether (sulfide) groups is 1. The first kappa shape index (κ1) is 16.9. The van der Waals surface area contributed by atoms with Gasteiger partial charge in [0.15, 0.2) is 11.6 Å². The van der Waals surface area contributed by atoms with Crippen LogP contribution in [0.5, 0.6) is 5.75 Å². The lowest BCUT2D eigenvalue weighted by Crippen LogP contribution is -2.37. The quantitative estimate of drug-likeness (QED) is 0.891. The van der Waals surface area contributed by atoms with Crippen molar-refractivity contribution in [3.05, 3.63) is 24.0 Å². The summed E-state index contributed by atoms with van der Waals surface area (Å²) in [6, 6.07) is 2.97. The van der Waals surface area contributed by atoms with E-state index in [1.54, 1.807) is 11.8 Å². The first-order valence-electron chi connectivity index (χ1n) is 5.42. The number of rotatable bonds is 4. The molecule has 1 fully saturated rings. The van der Waals surface area contributed by atoms with E-state index in [1.807, 2.05) is 0 Å². The lowest BCUT2D eigenvalue weighted by Gasteiger charge is -2.11. The van der Waals surface area contributed by atoms with Crippen molar-refractivity contribution in [3.63, 3.8) is 0 Å². The van der Waals surface area contributed by atoms with Crippen molar-refractivity contribution < 1.29 is 22.7 Å². The molecule has 0 saturated carbocycles. The predicted octanol–water partition coefficient (Wildman–Crippen LogP) is 2.45. The van der Waals surface area contributed by atoms with Crippen molar-refractivity contribution in [3.8, 4) is 5.75 Å². The molecule has 1 atom stereocenters. The van der Waals surface area contributed by atoms with Gasteiger partial charge in [-0.05, 0) is 12.1 Å². The number of carbonyl (C=O) groups excluding carboxylic acids is 1. The van der Waals surface area contributed by atoms with E-state index in [-0.39, 0.29) is 30.0 Å². The third kappa shape index (κ3) is 4.46. The number of hydrogen-bond acceptors (Lipinski definition) is 4. The van der Waals surface area contributed by atoms with Crippen LogP contribution in [0.15, 0.2) is 18.2 Å². The molecule has 0 bridgehead atoms. The van der Waals surface area contributed by atoms with Gasteiger partial charge in [-0.1, -0.05) is 0 Å². The standard InChI is InChI=1S/C11H11F3N2O2S.ClH/c12-7-3-6(1-2-9(7)18-11(13)14)16-10(17)8-4-19-5-15-8;/h1-3,8,11,15H,4-5H2,(H,16,17);1H. The summed E-state index contributed by atoms with van der Waals surface area (Å²) in [5.74, 6) is -0.463. The van der Waals surface area contributed by atoms with Crippen LogP contribution in [0.1, 0.15) is 0 Å². The number of carbonyl (C=O) groups is 1. The third-order valence-corrected chi connectivity index (χ3v) is 3.39. The zero-order chi connectivity index (χ0) is 13.8. The summed E-state index contributed by atoms with van der Waals surface area (Å²) in [6.07, 6.45) is 0. The molecule has 9 heteroatoms. The maximum Gasteiger partial charge on any atom is 0.387 e. The summed E-state index contributed by atoms with van der Waals surface area (Å²) >= 11 is 1.58. The van der Waals surface area contributed by atoms with Gasteiger partial charge in [0.25, 0.3) is 0 Å². The minimum Gasteiger partial charge on any atom is -0.432 e. The fraction of sp³-hybridized carbons (Fsp3) is 0.364. The molecule has 0 aliphatic carbocycles. The average Bonchev–Trinajstić information content (AvgIpc) is 2.86. The van der Waals surface area contributed by atoms with Crippen LogP contribution in [0.3, 0.4) is 0 Å². The van der Waals surface area contributed by atoms with Crippen molar-refractivity contribution in [2.75, 3.05) is 16.9 Å². The second kappa shape index (κ2) is 7.61. The first-order valence-corrected chi connectivity index (χ1v) is 6.58. The number of hydrogen-bond donors (Lipinski definition) is 2. The maximum absolute atomic E-state index is 13.4. The van der Waals surface area contributed by atoms with Gasteiger partial charge < -0.3 is 10.1 Å². The Morgan fingerprint density at radius 3 is 2.80 bits per heavy atom. The topological polar surface area (TPSA) is 50.4 Å². The minimum absolute atomic E-state index is 0. The molecule has 4 nitrogen and oxygen atoms in total. The van der Waals surface area contributed by atoms with Gasteiger partial charge in [0.05, 0.1) is 6.04 Å². The van der Waals surface area contributed by atoms with E-state index in [1.165, 1.54) is 6.07 Å². The van der Waals surface area contributed by atoms with Gasteiger partial charge in [0.1, 0.15) is 0 Å². The number of halogens is 4. The zero-order valence-electron chi connectivity index (χ0n) is 10.1. The van der Waals surface area contributed by atoms with Crippen LogP contribution in [0.2, 0.25) is 0 Å². The molecule has 1 aliphatic heterocycles. The molecular formula is C11H12ClF3N2O2S. The molecule has 2 N–H and O–H groups in total. The molecule has 112 valence electrons. The lowest BCUT2D eigenvalue weighted by atomic mass is 10.2. The Morgan fingerprint density at radius 1 is 1.50 bits per heavy atom. The lowest BCUT2D eigenvalue weighted by molar-refractivity contribution is -0.117. The van der Waals surface area contributed by atoms with Gasteiger partial charge in [-0.15, -0.1) is 24.2 Å². The summed E-state index contributed by atoms with van der Waals surface area (Å²) in [6.45, 7) is -3.09. The molecular weight excluding hydrogens is 317 g/mol. The highest BCUT2D eigenvalue weighted by Crippen LogP contribution is 2.23. The van der Waals surface area contributed by atoms with Crippen LogP contribution in [-0.4, -0.2) is 30.2 Å². The highest BCUT2D eigenvalue weighted by molar-refractivity contribution is 7.99. The van der Waals surface area contributed by atoms with Gasteiger partial charge in [-0.2, -0.15) is 8.78 Å². The molecule has 1 aliphatic rings. The second-order valence-electron chi connectivity index (χ2n) is 3.78. The van der Waals surface area contributed by atoms with Crippen LogP contribution in [-0.2, 0) is 4.79 Å². The van der Waals surface area contributed by atoms with Crippen molar-refractivity contribution in [1.29, 1.82) is 0 Å². The van der Waals surface area contributed by atoms with Crippen LogP contribution in [0.4, 0.5) is 18.9 Å². The third-order valence-electron chi connectivity index (χ3n) is 2.45. The molecule has 0 radical (unpaired) electrons. The summed E-state index contributed by atoms with van der Waals surface area (Å²) in [5.41, 5.74) is 0.197. The van der Waals surface area contributed by atoms with E-state index in [2.05, 4.69) is 15.4 Å². The van der Waals surface area contributed by atoms with Crippen LogP contribution in [0.25, 0.3) is 0 Å². The van der Waals surface area contributed by atoms with Gasteiger partial charge >= 0.3 is 6.61 Å². The zero-order valence-corrected chi connectivity index (χ0v) is 11.7. The summed E-state index contributed by atoms with van der Waals surface area (Å²) in [7, 11) is 0. The number of nitrogens with one attached hydrogen (secondary N) is 2. The maximum atomic E-state index is 13.4. The van der Waals surface area contributed by atoms with E-state index in [9.17, 15) is 18.0 Å². The first-order chi connectivity index (χ1) is 9.06. The smallest absolute Gasteiger partial charge is 0.387 e. The summed E-state index contributed by atoms with van der Waals surface area (Å²) in [5, 5.41) is 5.47. The van der Waals surface area contributed by atoms with E-state index in [4.69, 9.17) is 0 Å². The minimum atomic E-state index is -3.09. The molecule has 20 heavy (non-hydrogen) atoms. The molecule has 1 saturated heterocycles. The Balaban J connectivity index is 0.00000200. The van der Waals surface area contributed by atoms with Gasteiger partial charge in [-0.25, -0.2) is 4.39 Å². The van der Waals surface area contributed by atoms with Gasteiger partial charge in [0, 0.05) is 23.4 Å². The normalized spacial score (nSPS) is 17.7. The predicted molar refractivity (Wildman–Crippen MR) is 73.2 cm³/mol. The highest BCUT2D eigenvalue weighted by Gasteiger charge is 2.22. The Bertz CT molecular complexity index is 473. The molecule has 2 rings (SSSR count). The highest BCUT2D eigenvalue weighted by atomic mass is 35.5. The Labute approximate surface area is 123 Å². The van der Waals surface area contributed by atoms with Crippen LogP contribution < -0.4 is 15.4 Å². The molecule has 0 spiro atoms. The number of anilines is 1. The fourth-order valence-electron chi connectivity index (χ4n) is 1.56. The fourth-order valence-corrected chi connectivity index (χ4v) is 2.50. The van der Waals surface area contributed by atoms with Crippen molar-refractivity contribution in [2.45, 2.75) is 12.7 Å². The van der Waals surface area contributed by atoms with Crippen molar-refractivity contribution in [1.82, 2.24) is 5.32 Å². The monoisotopic (exact) mass is 328 g/mol. The Morgan fingerprint density at radius 2 is 2.25 bits per heavy atom. The number of amides is 1. The molecule has 1 aromatic carbocycles. The molecule has 1 unspecified atom stereocenters. The van der Waals surface area contributed by atoms with Crippen LogP contribution >= 0.6 is 24.2 Å². The van der Waals surface area contributed by atoms with E-state index in [0.29, 0.717) is 11.6 Å². The van der Waals surface area contributed by atoms with E-state index >= 15 is 0 Å². The number of alkyl halides is 2. The second-order valence-corrected chi connectivity index (χ2v) is 4.82.